The third-order valence-corrected chi connectivity index (χ3v) is 2.59. The van der Waals surface area contributed by atoms with Gasteiger partial charge in [0.2, 0.25) is 0 Å². The minimum atomic E-state index is -0.329. The number of likely N-dealkylation sites (tertiary alicyclic amines) is 1. The average Bonchev–Trinajstić information content (AvgIpc) is 2.80. The van der Waals surface area contributed by atoms with Crippen LogP contribution in [0.3, 0.4) is 0 Å². The van der Waals surface area contributed by atoms with Gasteiger partial charge in [-0.3, -0.25) is 9.48 Å². The van der Waals surface area contributed by atoms with Crippen LogP contribution in [0, 0.1) is 0 Å². The summed E-state index contributed by atoms with van der Waals surface area (Å²) in [6.45, 7) is 3.58. The van der Waals surface area contributed by atoms with Crippen LogP contribution in [0.15, 0.2) is 12.4 Å². The molecule has 0 saturated carbocycles. The van der Waals surface area contributed by atoms with Crippen LogP contribution in [0.1, 0.15) is 13.3 Å². The lowest BCUT2D eigenvalue weighted by atomic mass is 10.3. The molecule has 1 amide bonds. The van der Waals surface area contributed by atoms with Crippen molar-refractivity contribution in [3.05, 3.63) is 12.4 Å². The summed E-state index contributed by atoms with van der Waals surface area (Å²) in [5, 5.41) is 4.09. The first-order valence-corrected chi connectivity index (χ1v) is 5.15. The monoisotopic (exact) mass is 209 g/mol. The second-order valence-electron chi connectivity index (χ2n) is 3.69. The predicted molar refractivity (Wildman–Crippen MR) is 54.6 cm³/mol. The molecule has 0 aromatic carbocycles. The molecule has 0 N–H and O–H groups in total. The number of hydrogen-bond donors (Lipinski definition) is 0. The third-order valence-electron chi connectivity index (χ3n) is 2.59. The number of nitrogens with zero attached hydrogens (tertiary/aromatic N) is 3. The lowest BCUT2D eigenvalue weighted by Crippen LogP contribution is -2.29. The number of amides is 1. The van der Waals surface area contributed by atoms with Gasteiger partial charge in [-0.05, 0) is 6.92 Å². The van der Waals surface area contributed by atoms with E-state index in [-0.39, 0.29) is 12.0 Å². The fourth-order valence-electron chi connectivity index (χ4n) is 1.64. The van der Waals surface area contributed by atoms with E-state index < -0.39 is 0 Å². The Balaban J connectivity index is 2.00. The lowest BCUT2D eigenvalue weighted by molar-refractivity contribution is -0.132. The van der Waals surface area contributed by atoms with Crippen molar-refractivity contribution in [2.24, 2.45) is 0 Å². The fourth-order valence-corrected chi connectivity index (χ4v) is 1.64. The van der Waals surface area contributed by atoms with Crippen LogP contribution in [-0.2, 0) is 11.3 Å². The maximum atomic E-state index is 11.6. The second kappa shape index (κ2) is 3.92. The zero-order chi connectivity index (χ0) is 10.8. The number of likely N-dealkylation sites (N-methyl/N-ethyl adjacent to an activating group) is 1. The van der Waals surface area contributed by atoms with Crippen LogP contribution < -0.4 is 4.74 Å². The van der Waals surface area contributed by atoms with Gasteiger partial charge in [-0.25, -0.2) is 0 Å². The highest BCUT2D eigenvalue weighted by molar-refractivity contribution is 5.83. The van der Waals surface area contributed by atoms with Crippen molar-refractivity contribution in [1.29, 1.82) is 0 Å². The molecule has 2 rings (SSSR count). The molecule has 15 heavy (non-hydrogen) atoms. The Labute approximate surface area is 88.6 Å². The Morgan fingerprint density at radius 2 is 2.47 bits per heavy atom. The molecule has 0 aliphatic carbocycles. The summed E-state index contributed by atoms with van der Waals surface area (Å²) in [4.78, 5) is 13.2. The van der Waals surface area contributed by atoms with E-state index >= 15 is 0 Å². The van der Waals surface area contributed by atoms with E-state index in [1.165, 1.54) is 0 Å². The van der Waals surface area contributed by atoms with Crippen LogP contribution in [0.4, 0.5) is 0 Å². The Bertz CT molecular complexity index is 361. The first kappa shape index (κ1) is 10.0. The zero-order valence-electron chi connectivity index (χ0n) is 9.01. The van der Waals surface area contributed by atoms with Crippen molar-refractivity contribution in [1.82, 2.24) is 14.7 Å². The van der Waals surface area contributed by atoms with Crippen molar-refractivity contribution in [2.45, 2.75) is 26.0 Å². The summed E-state index contributed by atoms with van der Waals surface area (Å²) in [6, 6.07) is 0. The largest absolute Gasteiger partial charge is 0.477 e. The fraction of sp³-hybridized carbons (Fsp3) is 0.600. The van der Waals surface area contributed by atoms with Gasteiger partial charge in [0, 0.05) is 26.6 Å². The van der Waals surface area contributed by atoms with Gasteiger partial charge in [-0.2, -0.15) is 5.10 Å². The molecule has 82 valence electrons. The maximum Gasteiger partial charge on any atom is 0.263 e. The van der Waals surface area contributed by atoms with E-state index in [4.69, 9.17) is 4.74 Å². The van der Waals surface area contributed by atoms with Crippen molar-refractivity contribution in [2.75, 3.05) is 13.6 Å². The summed E-state index contributed by atoms with van der Waals surface area (Å²) < 4.78 is 7.34. The summed E-state index contributed by atoms with van der Waals surface area (Å²) in [7, 11) is 1.79. The molecule has 1 aliphatic rings. The number of aromatic nitrogens is 2. The smallest absolute Gasteiger partial charge is 0.263 e. The Kier molecular flexibility index (Phi) is 2.62. The highest BCUT2D eigenvalue weighted by Crippen LogP contribution is 2.17. The minimum absolute atomic E-state index is 0.0549. The Morgan fingerprint density at radius 3 is 3.00 bits per heavy atom. The van der Waals surface area contributed by atoms with E-state index in [9.17, 15) is 4.79 Å². The molecule has 5 heteroatoms. The van der Waals surface area contributed by atoms with E-state index in [0.29, 0.717) is 5.75 Å². The molecule has 1 aromatic rings. The van der Waals surface area contributed by atoms with Gasteiger partial charge < -0.3 is 9.64 Å². The molecule has 1 aliphatic heterocycles. The van der Waals surface area contributed by atoms with Crippen LogP contribution in [0.2, 0.25) is 0 Å². The molecular formula is C10H15N3O2. The molecule has 2 heterocycles. The summed E-state index contributed by atoms with van der Waals surface area (Å²) in [5.74, 6) is 0.727. The third kappa shape index (κ3) is 1.95. The Hall–Kier alpha value is -1.52. The summed E-state index contributed by atoms with van der Waals surface area (Å²) >= 11 is 0. The number of rotatable bonds is 3. The normalized spacial score (nSPS) is 21.1. The molecule has 1 unspecified atom stereocenters. The number of aryl methyl sites for hydroxylation is 1. The predicted octanol–water partition coefficient (Wildman–Crippen LogP) is 0.512. The number of ether oxygens (including phenoxy) is 1. The molecule has 1 aromatic heterocycles. The van der Waals surface area contributed by atoms with Crippen molar-refractivity contribution in [3.63, 3.8) is 0 Å². The lowest BCUT2D eigenvalue weighted by Gasteiger charge is -2.10. The Morgan fingerprint density at radius 1 is 1.67 bits per heavy atom. The summed E-state index contributed by atoms with van der Waals surface area (Å²) in [6.07, 6.45) is 3.89. The highest BCUT2D eigenvalue weighted by Gasteiger charge is 2.30. The standard InChI is InChI=1S/C10H15N3O2/c1-3-13-7-8(6-11-13)15-9-4-5-12(2)10(9)14/h6-7,9H,3-5H2,1-2H3. The van der Waals surface area contributed by atoms with Crippen molar-refractivity contribution in [3.8, 4) is 5.75 Å². The van der Waals surface area contributed by atoms with E-state index in [1.807, 2.05) is 13.1 Å². The second-order valence-corrected chi connectivity index (χ2v) is 3.69. The van der Waals surface area contributed by atoms with Gasteiger partial charge in [0.15, 0.2) is 11.9 Å². The minimum Gasteiger partial charge on any atom is -0.477 e. The van der Waals surface area contributed by atoms with Gasteiger partial charge in [0.1, 0.15) is 0 Å². The SMILES string of the molecule is CCn1cc(OC2CCN(C)C2=O)cn1. The van der Waals surface area contributed by atoms with Crippen LogP contribution in [0.25, 0.3) is 0 Å². The van der Waals surface area contributed by atoms with Gasteiger partial charge >= 0.3 is 0 Å². The van der Waals surface area contributed by atoms with E-state index in [2.05, 4.69) is 5.10 Å². The molecular weight excluding hydrogens is 194 g/mol. The quantitative estimate of drug-likeness (QED) is 0.728. The molecule has 0 bridgehead atoms. The molecule has 1 fully saturated rings. The van der Waals surface area contributed by atoms with Gasteiger partial charge in [-0.15, -0.1) is 0 Å². The van der Waals surface area contributed by atoms with Crippen LogP contribution >= 0.6 is 0 Å². The molecule has 0 spiro atoms. The maximum absolute atomic E-state index is 11.6. The molecule has 1 saturated heterocycles. The van der Waals surface area contributed by atoms with E-state index in [0.717, 1.165) is 19.5 Å². The zero-order valence-corrected chi connectivity index (χ0v) is 9.01. The molecule has 5 nitrogen and oxygen atoms in total. The van der Waals surface area contributed by atoms with Crippen molar-refractivity contribution < 1.29 is 9.53 Å². The number of hydrogen-bond acceptors (Lipinski definition) is 3. The van der Waals surface area contributed by atoms with Crippen LogP contribution in [0.5, 0.6) is 5.75 Å². The molecule has 1 atom stereocenters. The molecule has 0 radical (unpaired) electrons. The average molecular weight is 209 g/mol. The van der Waals surface area contributed by atoms with Gasteiger partial charge in [0.05, 0.1) is 12.4 Å². The van der Waals surface area contributed by atoms with Gasteiger partial charge in [0.25, 0.3) is 5.91 Å². The van der Waals surface area contributed by atoms with Gasteiger partial charge in [-0.1, -0.05) is 0 Å². The van der Waals surface area contributed by atoms with Crippen LogP contribution in [-0.4, -0.2) is 40.3 Å². The number of carbonyl (C=O) groups excluding carboxylic acids is 1. The summed E-state index contributed by atoms with van der Waals surface area (Å²) in [5.41, 5.74) is 0. The first-order valence-electron chi connectivity index (χ1n) is 5.15. The topological polar surface area (TPSA) is 47.4 Å². The highest BCUT2D eigenvalue weighted by atomic mass is 16.5. The van der Waals surface area contributed by atoms with E-state index in [1.54, 1.807) is 22.8 Å². The number of carbonyl (C=O) groups is 1. The van der Waals surface area contributed by atoms with Crippen molar-refractivity contribution >= 4 is 5.91 Å². The first-order chi connectivity index (χ1) is 7.20.